The molecule has 6 heteroatoms. The maximum Gasteiger partial charge on any atom is 0.174 e. The smallest absolute Gasteiger partial charge is 0.174 e. The van der Waals surface area contributed by atoms with Gasteiger partial charge in [0, 0.05) is 35.0 Å². The summed E-state index contributed by atoms with van der Waals surface area (Å²) in [6.45, 7) is 6.45. The summed E-state index contributed by atoms with van der Waals surface area (Å²) in [6.07, 6.45) is 1.83. The van der Waals surface area contributed by atoms with E-state index in [1.807, 2.05) is 36.5 Å². The van der Waals surface area contributed by atoms with Crippen molar-refractivity contribution in [1.29, 1.82) is 0 Å². The summed E-state index contributed by atoms with van der Waals surface area (Å²) in [6, 6.07) is 24.8. The predicted octanol–water partition coefficient (Wildman–Crippen LogP) is 5.98. The van der Waals surface area contributed by atoms with Gasteiger partial charge in [-0.15, -0.1) is 0 Å². The molecule has 2 aromatic heterocycles. The number of nitrogens with zero attached hydrogens (tertiary/aromatic N) is 3. The van der Waals surface area contributed by atoms with Gasteiger partial charge in [-0.2, -0.15) is 0 Å². The van der Waals surface area contributed by atoms with Gasteiger partial charge in [-0.05, 0) is 81.0 Å². The van der Waals surface area contributed by atoms with Gasteiger partial charge in [-0.25, -0.2) is 0 Å². The van der Waals surface area contributed by atoms with Gasteiger partial charge in [0.05, 0.1) is 24.9 Å². The summed E-state index contributed by atoms with van der Waals surface area (Å²) >= 11 is 5.89. The van der Waals surface area contributed by atoms with Gasteiger partial charge in [-0.1, -0.05) is 29.8 Å². The highest BCUT2D eigenvalue weighted by Gasteiger charge is 2.42. The number of methoxy groups -OCH3 is 1. The largest absolute Gasteiger partial charge is 0.497 e. The summed E-state index contributed by atoms with van der Waals surface area (Å²) in [4.78, 5) is 6.87. The average Bonchev–Trinajstić information content (AvgIpc) is 3.35. The number of anilines is 1. The van der Waals surface area contributed by atoms with E-state index in [1.165, 1.54) is 22.5 Å². The number of aromatic nitrogens is 2. The van der Waals surface area contributed by atoms with E-state index in [0.29, 0.717) is 5.11 Å². The normalized spacial score (nSPS) is 17.6. The van der Waals surface area contributed by atoms with Gasteiger partial charge in [0.25, 0.3) is 0 Å². The number of hydrogen-bond donors (Lipinski definition) is 1. The fourth-order valence-corrected chi connectivity index (χ4v) is 5.23. The van der Waals surface area contributed by atoms with Gasteiger partial charge in [-0.3, -0.25) is 4.98 Å². The van der Waals surface area contributed by atoms with Crippen LogP contribution in [0.4, 0.5) is 5.69 Å². The molecule has 34 heavy (non-hydrogen) atoms. The van der Waals surface area contributed by atoms with Crippen LogP contribution >= 0.6 is 12.2 Å². The van der Waals surface area contributed by atoms with Gasteiger partial charge < -0.3 is 19.5 Å². The zero-order valence-corrected chi connectivity index (χ0v) is 20.6. The number of hydrogen-bond acceptors (Lipinski definition) is 3. The summed E-state index contributed by atoms with van der Waals surface area (Å²) in [5.74, 6) is 0.797. The molecule has 172 valence electrons. The van der Waals surface area contributed by atoms with Crippen LogP contribution in [-0.2, 0) is 0 Å². The highest BCUT2D eigenvalue weighted by molar-refractivity contribution is 7.80. The molecule has 5 rings (SSSR count). The van der Waals surface area contributed by atoms with Crippen LogP contribution in [0.3, 0.4) is 0 Å². The van der Waals surface area contributed by atoms with E-state index >= 15 is 0 Å². The number of benzene rings is 2. The first-order valence-electron chi connectivity index (χ1n) is 11.4. The zero-order valence-electron chi connectivity index (χ0n) is 19.8. The van der Waals surface area contributed by atoms with Crippen LogP contribution in [0.5, 0.6) is 5.75 Å². The fraction of sp³-hybridized carbons (Fsp3) is 0.214. The third kappa shape index (κ3) is 3.84. The highest BCUT2D eigenvalue weighted by Crippen LogP contribution is 2.44. The zero-order chi connectivity index (χ0) is 23.8. The topological polar surface area (TPSA) is 42.3 Å². The summed E-state index contributed by atoms with van der Waals surface area (Å²) < 4.78 is 7.82. The molecule has 1 aliphatic heterocycles. The molecule has 1 fully saturated rings. The minimum atomic E-state index is -0.0909. The highest BCUT2D eigenvalue weighted by atomic mass is 32.1. The lowest BCUT2D eigenvalue weighted by Gasteiger charge is -2.28. The van der Waals surface area contributed by atoms with Crippen molar-refractivity contribution in [3.8, 4) is 11.4 Å². The van der Waals surface area contributed by atoms with E-state index < -0.39 is 0 Å². The standard InChI is InChI=1S/C28H28N4OS/c1-18-11-13-21(14-12-18)31-19(2)16-24(20(31)3)27-26(25-10-5-6-15-29-25)30-28(34)32(27)22-8-7-9-23(17-22)33-4/h5-17,26-27H,1-4H3,(H,30,34)/t26-,27-/m0/s1. The molecule has 0 bridgehead atoms. The van der Waals surface area contributed by atoms with Crippen LogP contribution in [0.1, 0.15) is 40.3 Å². The van der Waals surface area contributed by atoms with E-state index in [1.54, 1.807) is 7.11 Å². The molecular formula is C28H28N4OS. The van der Waals surface area contributed by atoms with Crippen molar-refractivity contribution in [2.45, 2.75) is 32.9 Å². The predicted molar refractivity (Wildman–Crippen MR) is 141 cm³/mol. The fourth-order valence-electron chi connectivity index (χ4n) is 4.89. The van der Waals surface area contributed by atoms with Crippen molar-refractivity contribution >= 4 is 23.0 Å². The second kappa shape index (κ2) is 8.95. The summed E-state index contributed by atoms with van der Waals surface area (Å²) in [5, 5.41) is 4.23. The maximum atomic E-state index is 5.89. The van der Waals surface area contributed by atoms with Crippen molar-refractivity contribution in [1.82, 2.24) is 14.9 Å². The maximum absolute atomic E-state index is 5.89. The van der Waals surface area contributed by atoms with Crippen molar-refractivity contribution in [3.05, 3.63) is 107 Å². The molecule has 2 aromatic carbocycles. The molecular weight excluding hydrogens is 440 g/mol. The number of ether oxygens (including phenoxy) is 1. The van der Waals surface area contributed by atoms with Crippen LogP contribution in [0.15, 0.2) is 79.0 Å². The lowest BCUT2D eigenvalue weighted by Crippen LogP contribution is -2.29. The van der Waals surface area contributed by atoms with E-state index in [4.69, 9.17) is 17.0 Å². The van der Waals surface area contributed by atoms with E-state index in [-0.39, 0.29) is 12.1 Å². The number of thiocarbonyl (C=S) groups is 1. The Hall–Kier alpha value is -3.64. The third-order valence-electron chi connectivity index (χ3n) is 6.51. The Morgan fingerprint density at radius 2 is 1.71 bits per heavy atom. The molecule has 0 radical (unpaired) electrons. The quantitative estimate of drug-likeness (QED) is 0.365. The molecule has 0 saturated carbocycles. The molecule has 5 nitrogen and oxygen atoms in total. The molecule has 1 saturated heterocycles. The van der Waals surface area contributed by atoms with E-state index in [9.17, 15) is 0 Å². The van der Waals surface area contributed by atoms with Gasteiger partial charge in [0.2, 0.25) is 0 Å². The minimum Gasteiger partial charge on any atom is -0.497 e. The van der Waals surface area contributed by atoms with Crippen LogP contribution in [0.2, 0.25) is 0 Å². The Labute approximate surface area is 206 Å². The molecule has 2 atom stereocenters. The Kier molecular flexibility index (Phi) is 5.84. The SMILES string of the molecule is COc1cccc(N2C(=S)N[C@@H](c3ccccn3)[C@@H]2c2cc(C)n(-c3ccc(C)cc3)c2C)c1. The van der Waals surface area contributed by atoms with E-state index in [2.05, 4.69) is 83.0 Å². The molecule has 0 aliphatic carbocycles. The Balaban J connectivity index is 1.68. The van der Waals surface area contributed by atoms with Crippen molar-refractivity contribution < 1.29 is 4.74 Å². The number of aryl methyl sites for hydroxylation is 2. The first-order chi connectivity index (χ1) is 16.5. The van der Waals surface area contributed by atoms with E-state index in [0.717, 1.165) is 22.8 Å². The number of rotatable bonds is 5. The van der Waals surface area contributed by atoms with Crippen molar-refractivity contribution in [2.24, 2.45) is 0 Å². The van der Waals surface area contributed by atoms with Crippen LogP contribution in [0, 0.1) is 20.8 Å². The third-order valence-corrected chi connectivity index (χ3v) is 6.83. The van der Waals surface area contributed by atoms with Crippen molar-refractivity contribution in [3.63, 3.8) is 0 Å². The molecule has 1 N–H and O–H groups in total. The summed E-state index contributed by atoms with van der Waals surface area (Å²) in [7, 11) is 1.68. The molecule has 0 spiro atoms. The first-order valence-corrected chi connectivity index (χ1v) is 11.8. The Morgan fingerprint density at radius 3 is 2.41 bits per heavy atom. The van der Waals surface area contributed by atoms with Gasteiger partial charge in [0.15, 0.2) is 5.11 Å². The van der Waals surface area contributed by atoms with Crippen LogP contribution < -0.4 is 15.0 Å². The lowest BCUT2D eigenvalue weighted by molar-refractivity contribution is 0.415. The van der Waals surface area contributed by atoms with Gasteiger partial charge in [0.1, 0.15) is 5.75 Å². The Morgan fingerprint density at radius 1 is 0.912 bits per heavy atom. The molecule has 0 amide bonds. The number of nitrogens with one attached hydrogen (secondary N) is 1. The van der Waals surface area contributed by atoms with Crippen molar-refractivity contribution in [2.75, 3.05) is 12.0 Å². The first kappa shape index (κ1) is 22.2. The second-order valence-electron chi connectivity index (χ2n) is 8.70. The molecule has 0 unspecified atom stereocenters. The molecule has 3 heterocycles. The minimum absolute atomic E-state index is 0.0695. The molecule has 1 aliphatic rings. The monoisotopic (exact) mass is 468 g/mol. The molecule has 4 aromatic rings. The second-order valence-corrected chi connectivity index (χ2v) is 9.08. The van der Waals surface area contributed by atoms with Crippen LogP contribution in [-0.4, -0.2) is 21.8 Å². The summed E-state index contributed by atoms with van der Waals surface area (Å²) in [5.41, 5.74) is 7.93. The average molecular weight is 469 g/mol. The van der Waals surface area contributed by atoms with Crippen LogP contribution in [0.25, 0.3) is 5.69 Å². The lowest BCUT2D eigenvalue weighted by atomic mass is 9.96. The Bertz CT molecular complexity index is 1330. The van der Waals surface area contributed by atoms with Gasteiger partial charge >= 0.3 is 0 Å². The number of pyridine rings is 1.